The topological polar surface area (TPSA) is 38.8 Å². The summed E-state index contributed by atoms with van der Waals surface area (Å²) in [5.41, 5.74) is 3.42. The lowest BCUT2D eigenvalue weighted by atomic mass is 10.0. The van der Waals surface area contributed by atoms with Crippen molar-refractivity contribution >= 4 is 39.2 Å². The number of anilines is 1. The molecule has 0 N–H and O–H groups in total. The smallest absolute Gasteiger partial charge is 0.258 e. The van der Waals surface area contributed by atoms with Crippen molar-refractivity contribution in [1.82, 2.24) is 0 Å². The first-order valence-electron chi connectivity index (χ1n) is 8.16. The summed E-state index contributed by atoms with van der Waals surface area (Å²) in [7, 11) is 3.40. The van der Waals surface area contributed by atoms with Gasteiger partial charge in [-0.05, 0) is 52.2 Å². The van der Waals surface area contributed by atoms with Gasteiger partial charge in [0, 0.05) is 18.2 Å². The second kappa shape index (κ2) is 7.31. The van der Waals surface area contributed by atoms with Gasteiger partial charge in [0.15, 0.2) is 11.5 Å². The maximum atomic E-state index is 12.6. The Labute approximate surface area is 156 Å². The fourth-order valence-corrected chi connectivity index (χ4v) is 3.45. The van der Waals surface area contributed by atoms with E-state index in [0.717, 1.165) is 27.7 Å². The number of carbonyl (C=O) groups is 1. The van der Waals surface area contributed by atoms with Crippen LogP contribution in [0.1, 0.15) is 24.5 Å². The molecule has 2 aromatic rings. The van der Waals surface area contributed by atoms with E-state index < -0.39 is 0 Å². The summed E-state index contributed by atoms with van der Waals surface area (Å²) in [6, 6.07) is 11.6. The van der Waals surface area contributed by atoms with E-state index in [4.69, 9.17) is 9.47 Å². The molecule has 0 saturated carbocycles. The molecule has 0 saturated heterocycles. The number of hydrogen-bond donors (Lipinski definition) is 0. The summed E-state index contributed by atoms with van der Waals surface area (Å²) >= 11 is 3.55. The van der Waals surface area contributed by atoms with Crippen LogP contribution in [0.4, 0.5) is 5.69 Å². The lowest BCUT2D eigenvalue weighted by Gasteiger charge is -2.13. The van der Waals surface area contributed by atoms with Gasteiger partial charge in [-0.2, -0.15) is 0 Å². The maximum absolute atomic E-state index is 12.6. The number of amides is 1. The van der Waals surface area contributed by atoms with Crippen LogP contribution in [0.3, 0.4) is 0 Å². The van der Waals surface area contributed by atoms with Crippen molar-refractivity contribution in [3.8, 4) is 11.5 Å². The van der Waals surface area contributed by atoms with Crippen molar-refractivity contribution in [2.45, 2.75) is 13.3 Å². The van der Waals surface area contributed by atoms with Crippen LogP contribution in [0.5, 0.6) is 11.5 Å². The van der Waals surface area contributed by atoms with Gasteiger partial charge in [0.1, 0.15) is 0 Å². The zero-order valence-electron chi connectivity index (χ0n) is 14.5. The van der Waals surface area contributed by atoms with E-state index in [1.807, 2.05) is 42.5 Å². The highest BCUT2D eigenvalue weighted by Gasteiger charge is 2.29. The average molecular weight is 402 g/mol. The minimum Gasteiger partial charge on any atom is -0.493 e. The fourth-order valence-electron chi connectivity index (χ4n) is 2.87. The van der Waals surface area contributed by atoms with Gasteiger partial charge < -0.3 is 14.4 Å². The molecule has 0 unspecified atom stereocenters. The van der Waals surface area contributed by atoms with Crippen molar-refractivity contribution in [1.29, 1.82) is 0 Å². The molecule has 1 aliphatic heterocycles. The van der Waals surface area contributed by atoms with E-state index in [9.17, 15) is 4.79 Å². The van der Waals surface area contributed by atoms with Crippen LogP contribution in [0.15, 0.2) is 40.9 Å². The molecule has 0 aromatic heterocycles. The predicted octanol–water partition coefficient (Wildman–Crippen LogP) is 4.76. The standard InChI is InChI=1S/C20H20BrNO3/c1-4-9-25-19-16(21)11-13(12-18(19)24-3)10-15-14-7-5-6-8-17(14)22(2)20(15)23/h5-8,10-12H,4,9H2,1-3H3/b15-10+. The second-order valence-electron chi connectivity index (χ2n) is 5.82. The monoisotopic (exact) mass is 401 g/mol. The van der Waals surface area contributed by atoms with Crippen LogP contribution < -0.4 is 14.4 Å². The summed E-state index contributed by atoms with van der Waals surface area (Å²) < 4.78 is 12.0. The third kappa shape index (κ3) is 3.29. The second-order valence-corrected chi connectivity index (χ2v) is 6.68. The van der Waals surface area contributed by atoms with Crippen LogP contribution in [0, 0.1) is 0 Å². The van der Waals surface area contributed by atoms with E-state index in [0.29, 0.717) is 23.7 Å². The fraction of sp³-hybridized carbons (Fsp3) is 0.250. The molecule has 130 valence electrons. The van der Waals surface area contributed by atoms with Gasteiger partial charge in [0.2, 0.25) is 0 Å². The molecule has 2 aromatic carbocycles. The molecule has 1 heterocycles. The van der Waals surface area contributed by atoms with Gasteiger partial charge in [0.05, 0.1) is 23.9 Å². The zero-order valence-corrected chi connectivity index (χ0v) is 16.1. The van der Waals surface area contributed by atoms with Gasteiger partial charge in [-0.3, -0.25) is 4.79 Å². The van der Waals surface area contributed by atoms with Crippen molar-refractivity contribution in [3.05, 3.63) is 52.0 Å². The Balaban J connectivity index is 2.04. The summed E-state index contributed by atoms with van der Waals surface area (Å²) in [4.78, 5) is 14.3. The summed E-state index contributed by atoms with van der Waals surface area (Å²) in [5, 5.41) is 0. The molecule has 0 radical (unpaired) electrons. The Morgan fingerprint density at radius 3 is 2.72 bits per heavy atom. The summed E-state index contributed by atoms with van der Waals surface area (Å²) in [6.45, 7) is 2.67. The van der Waals surface area contributed by atoms with Crippen LogP contribution in [-0.4, -0.2) is 26.7 Å². The van der Waals surface area contributed by atoms with Crippen LogP contribution >= 0.6 is 15.9 Å². The van der Waals surface area contributed by atoms with Crippen LogP contribution in [-0.2, 0) is 4.79 Å². The molecular weight excluding hydrogens is 382 g/mol. The number of fused-ring (bicyclic) bond motifs is 1. The van der Waals surface area contributed by atoms with Crippen molar-refractivity contribution in [2.24, 2.45) is 0 Å². The number of carbonyl (C=O) groups excluding carboxylic acids is 1. The Morgan fingerprint density at radius 2 is 2.00 bits per heavy atom. The molecule has 0 fully saturated rings. The zero-order chi connectivity index (χ0) is 18.0. The first-order chi connectivity index (χ1) is 12.1. The normalized spacial score (nSPS) is 14.8. The van der Waals surface area contributed by atoms with Crippen LogP contribution in [0.25, 0.3) is 11.6 Å². The molecule has 25 heavy (non-hydrogen) atoms. The van der Waals surface area contributed by atoms with Crippen molar-refractivity contribution in [2.75, 3.05) is 25.7 Å². The largest absolute Gasteiger partial charge is 0.493 e. The third-order valence-corrected chi connectivity index (χ3v) is 4.69. The number of benzene rings is 2. The first-order valence-corrected chi connectivity index (χ1v) is 8.95. The SMILES string of the molecule is CCCOc1c(Br)cc(/C=C2/C(=O)N(C)c3ccccc32)cc1OC. The lowest BCUT2D eigenvalue weighted by Crippen LogP contribution is -2.20. The summed E-state index contributed by atoms with van der Waals surface area (Å²) in [5.74, 6) is 1.31. The van der Waals surface area contributed by atoms with Gasteiger partial charge in [-0.25, -0.2) is 0 Å². The highest BCUT2D eigenvalue weighted by Crippen LogP contribution is 2.40. The number of methoxy groups -OCH3 is 1. The molecular formula is C20H20BrNO3. The Morgan fingerprint density at radius 1 is 1.24 bits per heavy atom. The molecule has 0 bridgehead atoms. The molecule has 1 aliphatic rings. The first kappa shape index (κ1) is 17.5. The number of para-hydroxylation sites is 1. The number of hydrogen-bond acceptors (Lipinski definition) is 3. The van der Waals surface area contributed by atoms with Gasteiger partial charge in [-0.15, -0.1) is 0 Å². The molecule has 1 amide bonds. The summed E-state index contributed by atoms with van der Waals surface area (Å²) in [6.07, 6.45) is 2.81. The molecule has 5 heteroatoms. The van der Waals surface area contributed by atoms with Crippen molar-refractivity contribution in [3.63, 3.8) is 0 Å². The van der Waals surface area contributed by atoms with E-state index >= 15 is 0 Å². The van der Waals surface area contributed by atoms with E-state index in [2.05, 4.69) is 22.9 Å². The molecule has 0 atom stereocenters. The quantitative estimate of drug-likeness (QED) is 0.677. The van der Waals surface area contributed by atoms with E-state index in [-0.39, 0.29) is 5.91 Å². The molecule has 3 rings (SSSR count). The molecule has 4 nitrogen and oxygen atoms in total. The minimum absolute atomic E-state index is 0.0115. The number of likely N-dealkylation sites (N-methyl/N-ethyl adjacent to an activating group) is 1. The van der Waals surface area contributed by atoms with Gasteiger partial charge in [-0.1, -0.05) is 25.1 Å². The minimum atomic E-state index is -0.0115. The van der Waals surface area contributed by atoms with Crippen molar-refractivity contribution < 1.29 is 14.3 Å². The number of ether oxygens (including phenoxy) is 2. The van der Waals surface area contributed by atoms with Gasteiger partial charge in [0.25, 0.3) is 5.91 Å². The lowest BCUT2D eigenvalue weighted by molar-refractivity contribution is -0.112. The third-order valence-electron chi connectivity index (χ3n) is 4.10. The Kier molecular flexibility index (Phi) is 5.13. The van der Waals surface area contributed by atoms with Gasteiger partial charge >= 0.3 is 0 Å². The number of halogens is 1. The van der Waals surface area contributed by atoms with E-state index in [1.165, 1.54) is 0 Å². The maximum Gasteiger partial charge on any atom is 0.258 e. The van der Waals surface area contributed by atoms with Crippen LogP contribution in [0.2, 0.25) is 0 Å². The number of nitrogens with zero attached hydrogens (tertiary/aromatic N) is 1. The molecule has 0 spiro atoms. The van der Waals surface area contributed by atoms with E-state index in [1.54, 1.807) is 19.1 Å². The number of rotatable bonds is 5. The average Bonchev–Trinajstić information content (AvgIpc) is 2.86. The highest BCUT2D eigenvalue weighted by atomic mass is 79.9. The predicted molar refractivity (Wildman–Crippen MR) is 104 cm³/mol. The highest BCUT2D eigenvalue weighted by molar-refractivity contribution is 9.10. The molecule has 0 aliphatic carbocycles. The Hall–Kier alpha value is -2.27. The Bertz CT molecular complexity index is 845.